The number of rotatable bonds is 4. The molecule has 4 nitrogen and oxygen atoms in total. The molecule has 53 heavy (non-hydrogen) atoms. The van der Waals surface area contributed by atoms with Crippen LogP contribution in [0.3, 0.4) is 0 Å². The highest BCUT2D eigenvalue weighted by Crippen LogP contribution is 2.39. The Kier molecular flexibility index (Phi) is 6.52. The number of aromatic nitrogens is 3. The van der Waals surface area contributed by atoms with Gasteiger partial charge in [0, 0.05) is 27.5 Å². The Bertz CT molecular complexity index is 3230. The van der Waals surface area contributed by atoms with Crippen LogP contribution in [-0.2, 0) is 0 Å². The summed E-state index contributed by atoms with van der Waals surface area (Å²) in [4.78, 5) is 15.6. The van der Waals surface area contributed by atoms with Crippen LogP contribution in [0.1, 0.15) is 0 Å². The van der Waals surface area contributed by atoms with Crippen molar-refractivity contribution in [2.45, 2.75) is 0 Å². The summed E-state index contributed by atoms with van der Waals surface area (Å²) in [5, 5.41) is 11.5. The summed E-state index contributed by atoms with van der Waals surface area (Å²) in [5.74, 6) is 1.84. The summed E-state index contributed by atoms with van der Waals surface area (Å²) in [6, 6.07) is 61.7. The SMILES string of the molecule is c1ccc(-c2ccc3c(c2)oc2cccc(-c4nc(-c5ccc6ccccc6c5)nc(-c5ccc6ccc7ccc8ccccc8c7c6c5)n4)c23)cc1. The van der Waals surface area contributed by atoms with Gasteiger partial charge in [0.2, 0.25) is 0 Å². The van der Waals surface area contributed by atoms with Crippen LogP contribution in [0, 0.1) is 0 Å². The Balaban J connectivity index is 1.15. The number of hydrogen-bond donors (Lipinski definition) is 0. The molecule has 11 rings (SSSR count). The molecule has 0 fully saturated rings. The third-order valence-corrected chi connectivity index (χ3v) is 10.5. The van der Waals surface area contributed by atoms with E-state index in [-0.39, 0.29) is 0 Å². The van der Waals surface area contributed by atoms with E-state index in [4.69, 9.17) is 19.4 Å². The molecule has 0 amide bonds. The molecule has 246 valence electrons. The summed E-state index contributed by atoms with van der Waals surface area (Å²) in [5.41, 5.74) is 6.64. The van der Waals surface area contributed by atoms with Crippen molar-refractivity contribution in [3.63, 3.8) is 0 Å². The fourth-order valence-corrected chi connectivity index (χ4v) is 7.87. The number of fused-ring (bicyclic) bond motifs is 9. The standard InChI is InChI=1S/C49H29N3O/c1-2-9-30(10-3-1)36-25-26-40-44(29-36)53-43-16-8-15-41(46(40)43)49-51-47(37-23-17-31-11-4-5-13-35(31)27-37)50-48(52-49)38-24-20-33-19-22-34-21-18-32-12-6-7-14-39(32)45(34)42(33)28-38/h1-29H. The topological polar surface area (TPSA) is 51.8 Å². The van der Waals surface area contributed by atoms with Gasteiger partial charge in [-0.2, -0.15) is 0 Å². The lowest BCUT2D eigenvalue weighted by Crippen LogP contribution is -2.00. The first-order chi connectivity index (χ1) is 26.2. The first-order valence-corrected chi connectivity index (χ1v) is 17.8. The van der Waals surface area contributed by atoms with Gasteiger partial charge >= 0.3 is 0 Å². The van der Waals surface area contributed by atoms with Crippen LogP contribution in [0.15, 0.2) is 180 Å². The smallest absolute Gasteiger partial charge is 0.164 e. The monoisotopic (exact) mass is 675 g/mol. The maximum Gasteiger partial charge on any atom is 0.164 e. The maximum absolute atomic E-state index is 6.51. The maximum atomic E-state index is 6.51. The number of nitrogens with zero attached hydrogens (tertiary/aromatic N) is 3. The summed E-state index contributed by atoms with van der Waals surface area (Å²) < 4.78 is 6.51. The molecule has 2 aromatic heterocycles. The molecule has 0 aliphatic carbocycles. The fourth-order valence-electron chi connectivity index (χ4n) is 7.87. The van der Waals surface area contributed by atoms with E-state index < -0.39 is 0 Å². The van der Waals surface area contributed by atoms with E-state index in [0.29, 0.717) is 17.5 Å². The van der Waals surface area contributed by atoms with Gasteiger partial charge in [0.1, 0.15) is 11.2 Å². The average Bonchev–Trinajstić information content (AvgIpc) is 3.61. The van der Waals surface area contributed by atoms with Gasteiger partial charge in [-0.15, -0.1) is 0 Å². The molecule has 0 aliphatic heterocycles. The minimum atomic E-state index is 0.599. The first-order valence-electron chi connectivity index (χ1n) is 17.8. The zero-order valence-electron chi connectivity index (χ0n) is 28.5. The molecule has 0 bridgehead atoms. The molecule has 0 spiro atoms. The molecule has 0 saturated heterocycles. The van der Waals surface area contributed by atoms with Gasteiger partial charge in [0.05, 0.1) is 0 Å². The molecule has 4 heteroatoms. The second-order valence-electron chi connectivity index (χ2n) is 13.6. The second-order valence-corrected chi connectivity index (χ2v) is 13.6. The van der Waals surface area contributed by atoms with Crippen molar-refractivity contribution in [3.8, 4) is 45.3 Å². The fraction of sp³-hybridized carbons (Fsp3) is 0. The Morgan fingerprint density at radius 1 is 0.302 bits per heavy atom. The Hall–Kier alpha value is -7.17. The molecule has 9 aromatic carbocycles. The zero-order chi connectivity index (χ0) is 34.9. The first kappa shape index (κ1) is 29.5. The molecule has 11 aromatic rings. The van der Waals surface area contributed by atoms with Gasteiger partial charge in [-0.3, -0.25) is 0 Å². The average molecular weight is 676 g/mol. The van der Waals surface area contributed by atoms with Crippen LogP contribution in [0.2, 0.25) is 0 Å². The summed E-state index contributed by atoms with van der Waals surface area (Å²) in [6.07, 6.45) is 0. The van der Waals surface area contributed by atoms with Gasteiger partial charge in [-0.1, -0.05) is 146 Å². The number of benzene rings is 9. The third-order valence-electron chi connectivity index (χ3n) is 10.5. The van der Waals surface area contributed by atoms with E-state index in [1.165, 1.54) is 37.7 Å². The minimum absolute atomic E-state index is 0.599. The van der Waals surface area contributed by atoms with Crippen LogP contribution in [-0.4, -0.2) is 15.0 Å². The molecular weight excluding hydrogens is 647 g/mol. The lowest BCUT2D eigenvalue weighted by atomic mass is 9.95. The lowest BCUT2D eigenvalue weighted by molar-refractivity contribution is 0.669. The quantitative estimate of drug-likeness (QED) is 0.174. The molecule has 0 N–H and O–H groups in total. The van der Waals surface area contributed by atoms with E-state index >= 15 is 0 Å². The van der Waals surface area contributed by atoms with Crippen molar-refractivity contribution in [2.24, 2.45) is 0 Å². The second kappa shape index (κ2) is 11.7. The Labute approximate surface area is 304 Å². The van der Waals surface area contributed by atoms with E-state index in [1.54, 1.807) is 0 Å². The van der Waals surface area contributed by atoms with Crippen molar-refractivity contribution in [2.75, 3.05) is 0 Å². The van der Waals surface area contributed by atoms with Crippen molar-refractivity contribution in [3.05, 3.63) is 176 Å². The van der Waals surface area contributed by atoms with Crippen LogP contribution in [0.25, 0.3) is 110 Å². The van der Waals surface area contributed by atoms with E-state index in [0.717, 1.165) is 55.1 Å². The van der Waals surface area contributed by atoms with E-state index in [9.17, 15) is 0 Å². The number of hydrogen-bond acceptors (Lipinski definition) is 4. The Morgan fingerprint density at radius 3 is 1.75 bits per heavy atom. The molecule has 2 heterocycles. The normalized spacial score (nSPS) is 11.8. The largest absolute Gasteiger partial charge is 0.456 e. The van der Waals surface area contributed by atoms with Gasteiger partial charge in [-0.25, -0.2) is 15.0 Å². The highest BCUT2D eigenvalue weighted by molar-refractivity contribution is 6.20. The highest BCUT2D eigenvalue weighted by atomic mass is 16.3. The highest BCUT2D eigenvalue weighted by Gasteiger charge is 2.19. The van der Waals surface area contributed by atoms with Crippen LogP contribution >= 0.6 is 0 Å². The summed E-state index contributed by atoms with van der Waals surface area (Å²) >= 11 is 0. The lowest BCUT2D eigenvalue weighted by Gasteiger charge is -2.12. The van der Waals surface area contributed by atoms with Crippen LogP contribution in [0.5, 0.6) is 0 Å². The van der Waals surface area contributed by atoms with Crippen LogP contribution < -0.4 is 0 Å². The summed E-state index contributed by atoms with van der Waals surface area (Å²) in [7, 11) is 0. The molecular formula is C49H29N3O. The molecule has 0 radical (unpaired) electrons. The third kappa shape index (κ3) is 4.88. The van der Waals surface area contributed by atoms with Gasteiger partial charge < -0.3 is 4.42 Å². The molecule has 0 aliphatic rings. The van der Waals surface area contributed by atoms with Crippen molar-refractivity contribution in [1.82, 2.24) is 15.0 Å². The molecule has 0 unspecified atom stereocenters. The zero-order valence-corrected chi connectivity index (χ0v) is 28.5. The van der Waals surface area contributed by atoms with Crippen molar-refractivity contribution < 1.29 is 4.42 Å². The van der Waals surface area contributed by atoms with Crippen LogP contribution in [0.4, 0.5) is 0 Å². The van der Waals surface area contributed by atoms with Gasteiger partial charge in [0.15, 0.2) is 17.5 Å². The van der Waals surface area contributed by atoms with Crippen molar-refractivity contribution in [1.29, 1.82) is 0 Å². The van der Waals surface area contributed by atoms with E-state index in [1.807, 2.05) is 18.2 Å². The van der Waals surface area contributed by atoms with Crippen molar-refractivity contribution >= 4 is 65.0 Å². The Morgan fingerprint density at radius 2 is 0.925 bits per heavy atom. The predicted molar refractivity (Wildman–Crippen MR) is 219 cm³/mol. The summed E-state index contributed by atoms with van der Waals surface area (Å²) in [6.45, 7) is 0. The van der Waals surface area contributed by atoms with E-state index in [2.05, 4.69) is 158 Å². The van der Waals surface area contributed by atoms with Gasteiger partial charge in [-0.05, 0) is 84.5 Å². The molecule has 0 atom stereocenters. The minimum Gasteiger partial charge on any atom is -0.456 e. The predicted octanol–water partition coefficient (Wildman–Crippen LogP) is 13.1. The molecule has 0 saturated carbocycles. The van der Waals surface area contributed by atoms with Gasteiger partial charge in [0.25, 0.3) is 0 Å². The number of furan rings is 1.